The first-order valence-corrected chi connectivity index (χ1v) is 11.3. The number of guanidine groups is 1. The molecule has 180 valence electrons. The second kappa shape index (κ2) is 14.7. The van der Waals surface area contributed by atoms with Gasteiger partial charge in [0, 0.05) is 46.9 Å². The minimum absolute atomic E-state index is 0. The van der Waals surface area contributed by atoms with Crippen LogP contribution in [0.1, 0.15) is 30.4 Å². The van der Waals surface area contributed by atoms with E-state index >= 15 is 0 Å². The van der Waals surface area contributed by atoms with Gasteiger partial charge in [0.2, 0.25) is 5.91 Å². The van der Waals surface area contributed by atoms with Crippen molar-refractivity contribution in [3.05, 3.63) is 35.4 Å². The summed E-state index contributed by atoms with van der Waals surface area (Å²) in [5.41, 5.74) is 2.48. The standard InChI is InChI=1S/C23H37N5O3.HI/c1-27(2)22(29)17-26-23(25-16-21-9-5-6-12-31-21)24-15-19-7-3-4-8-20(19)18-28-10-13-30-14-11-28;/h3-4,7-8,21H,5-6,9-18H2,1-2H3,(H2,24,25,26);1H. The quantitative estimate of drug-likeness (QED) is 0.288. The molecule has 1 atom stereocenters. The SMILES string of the molecule is CN(C)C(=O)CNC(=NCc1ccccc1CN1CCOCC1)NCC1CCCCO1.I. The molecule has 3 rings (SSSR count). The average molecular weight is 559 g/mol. The van der Waals surface area contributed by atoms with E-state index in [0.717, 1.165) is 52.3 Å². The summed E-state index contributed by atoms with van der Waals surface area (Å²) in [5, 5.41) is 6.55. The van der Waals surface area contributed by atoms with Crippen LogP contribution in [0.2, 0.25) is 0 Å². The number of likely N-dealkylation sites (N-methyl/N-ethyl adjacent to an activating group) is 1. The highest BCUT2D eigenvalue weighted by Crippen LogP contribution is 2.14. The number of carbonyl (C=O) groups excluding carboxylic acids is 1. The number of hydrogen-bond donors (Lipinski definition) is 2. The highest BCUT2D eigenvalue weighted by Gasteiger charge is 2.15. The van der Waals surface area contributed by atoms with E-state index < -0.39 is 0 Å². The van der Waals surface area contributed by atoms with Gasteiger partial charge in [-0.15, -0.1) is 24.0 Å². The predicted molar refractivity (Wildman–Crippen MR) is 137 cm³/mol. The van der Waals surface area contributed by atoms with Crippen molar-refractivity contribution < 1.29 is 14.3 Å². The molecule has 0 radical (unpaired) electrons. The number of nitrogens with one attached hydrogen (secondary N) is 2. The molecule has 0 saturated carbocycles. The summed E-state index contributed by atoms with van der Waals surface area (Å²) in [6.07, 6.45) is 3.57. The smallest absolute Gasteiger partial charge is 0.241 e. The average Bonchev–Trinajstić information content (AvgIpc) is 2.80. The van der Waals surface area contributed by atoms with Crippen LogP contribution in [0.15, 0.2) is 29.3 Å². The Labute approximate surface area is 209 Å². The van der Waals surface area contributed by atoms with Crippen LogP contribution in [0, 0.1) is 0 Å². The van der Waals surface area contributed by atoms with E-state index in [1.165, 1.54) is 17.5 Å². The number of halogens is 1. The van der Waals surface area contributed by atoms with E-state index in [4.69, 9.17) is 14.5 Å². The summed E-state index contributed by atoms with van der Waals surface area (Å²) < 4.78 is 11.3. The van der Waals surface area contributed by atoms with Crippen molar-refractivity contribution >= 4 is 35.8 Å². The first-order valence-electron chi connectivity index (χ1n) is 11.3. The fraction of sp³-hybridized carbons (Fsp3) is 0.652. The molecule has 1 unspecified atom stereocenters. The monoisotopic (exact) mass is 559 g/mol. The van der Waals surface area contributed by atoms with Crippen LogP contribution in [-0.2, 0) is 27.4 Å². The fourth-order valence-corrected chi connectivity index (χ4v) is 3.70. The van der Waals surface area contributed by atoms with Crippen molar-refractivity contribution in [1.29, 1.82) is 0 Å². The van der Waals surface area contributed by atoms with Crippen LogP contribution in [0.3, 0.4) is 0 Å². The van der Waals surface area contributed by atoms with Crippen LogP contribution < -0.4 is 10.6 Å². The fourth-order valence-electron chi connectivity index (χ4n) is 3.70. The first-order chi connectivity index (χ1) is 15.1. The zero-order valence-corrected chi connectivity index (χ0v) is 21.7. The van der Waals surface area contributed by atoms with Gasteiger partial charge < -0.3 is 25.0 Å². The molecule has 1 aromatic rings. The van der Waals surface area contributed by atoms with E-state index in [2.05, 4.69) is 39.8 Å². The van der Waals surface area contributed by atoms with Crippen molar-refractivity contribution in [3.63, 3.8) is 0 Å². The maximum absolute atomic E-state index is 12.0. The maximum Gasteiger partial charge on any atom is 0.241 e. The molecule has 1 amide bonds. The number of amides is 1. The summed E-state index contributed by atoms with van der Waals surface area (Å²) >= 11 is 0. The first kappa shape index (κ1) is 26.8. The largest absolute Gasteiger partial charge is 0.379 e. The van der Waals surface area contributed by atoms with E-state index in [-0.39, 0.29) is 42.5 Å². The lowest BCUT2D eigenvalue weighted by atomic mass is 10.1. The van der Waals surface area contributed by atoms with Crippen molar-refractivity contribution in [3.8, 4) is 0 Å². The third-order valence-electron chi connectivity index (χ3n) is 5.70. The number of morpholine rings is 1. The van der Waals surface area contributed by atoms with Crippen LogP contribution in [0.25, 0.3) is 0 Å². The topological polar surface area (TPSA) is 78.4 Å². The van der Waals surface area contributed by atoms with Crippen LogP contribution >= 0.6 is 24.0 Å². The highest BCUT2D eigenvalue weighted by molar-refractivity contribution is 14.0. The third kappa shape index (κ3) is 9.21. The molecule has 8 nitrogen and oxygen atoms in total. The zero-order chi connectivity index (χ0) is 21.9. The zero-order valence-electron chi connectivity index (χ0n) is 19.3. The lowest BCUT2D eigenvalue weighted by Crippen LogP contribution is -2.45. The molecule has 0 aliphatic carbocycles. The lowest BCUT2D eigenvalue weighted by molar-refractivity contribution is -0.127. The molecule has 2 heterocycles. The Bertz CT molecular complexity index is 719. The summed E-state index contributed by atoms with van der Waals surface area (Å²) in [4.78, 5) is 20.8. The molecule has 2 aliphatic heterocycles. The number of benzene rings is 1. The molecule has 32 heavy (non-hydrogen) atoms. The minimum atomic E-state index is 0. The molecule has 0 spiro atoms. The molecular formula is C23H38IN5O3. The van der Waals surface area contributed by atoms with Crippen molar-refractivity contribution in [2.45, 2.75) is 38.5 Å². The third-order valence-corrected chi connectivity index (χ3v) is 5.70. The molecule has 2 N–H and O–H groups in total. The minimum Gasteiger partial charge on any atom is -0.379 e. The van der Waals surface area contributed by atoms with Crippen molar-refractivity contribution in [2.75, 3.05) is 60.1 Å². The Kier molecular flexibility index (Phi) is 12.3. The second-order valence-electron chi connectivity index (χ2n) is 8.33. The number of nitrogens with zero attached hydrogens (tertiary/aromatic N) is 3. The van der Waals surface area contributed by atoms with Gasteiger partial charge in [-0.2, -0.15) is 0 Å². The Balaban J connectivity index is 0.00000363. The van der Waals surface area contributed by atoms with Gasteiger partial charge in [-0.25, -0.2) is 4.99 Å². The predicted octanol–water partition coefficient (Wildman–Crippen LogP) is 1.83. The summed E-state index contributed by atoms with van der Waals surface area (Å²) in [6, 6.07) is 8.44. The van der Waals surface area contributed by atoms with Gasteiger partial charge in [-0.3, -0.25) is 9.69 Å². The normalized spacial score (nSPS) is 19.7. The van der Waals surface area contributed by atoms with Gasteiger partial charge >= 0.3 is 0 Å². The summed E-state index contributed by atoms with van der Waals surface area (Å²) in [5.74, 6) is 0.654. The van der Waals surface area contributed by atoms with Crippen molar-refractivity contribution in [1.82, 2.24) is 20.4 Å². The number of carbonyl (C=O) groups is 1. The van der Waals surface area contributed by atoms with Gasteiger partial charge in [-0.05, 0) is 30.4 Å². The Morgan fingerprint density at radius 2 is 1.88 bits per heavy atom. The second-order valence-corrected chi connectivity index (χ2v) is 8.33. The van der Waals surface area contributed by atoms with Crippen LogP contribution in [0.5, 0.6) is 0 Å². The highest BCUT2D eigenvalue weighted by atomic mass is 127. The summed E-state index contributed by atoms with van der Waals surface area (Å²) in [7, 11) is 3.51. The number of hydrogen-bond acceptors (Lipinski definition) is 5. The number of ether oxygens (including phenoxy) is 2. The van der Waals surface area contributed by atoms with E-state index in [1.54, 1.807) is 19.0 Å². The van der Waals surface area contributed by atoms with E-state index in [0.29, 0.717) is 19.0 Å². The molecule has 2 fully saturated rings. The van der Waals surface area contributed by atoms with Gasteiger partial charge in [0.1, 0.15) is 0 Å². The van der Waals surface area contributed by atoms with Crippen molar-refractivity contribution in [2.24, 2.45) is 4.99 Å². The molecule has 0 aromatic heterocycles. The van der Waals surface area contributed by atoms with Crippen LogP contribution in [-0.4, -0.2) is 87.9 Å². The van der Waals surface area contributed by atoms with E-state index in [1.807, 2.05) is 0 Å². The number of aliphatic imine (C=N–C) groups is 1. The van der Waals surface area contributed by atoms with E-state index in [9.17, 15) is 4.79 Å². The Morgan fingerprint density at radius 1 is 1.12 bits per heavy atom. The van der Waals surface area contributed by atoms with Crippen LogP contribution in [0.4, 0.5) is 0 Å². The number of rotatable bonds is 8. The Hall–Kier alpha value is -1.43. The molecule has 9 heteroatoms. The molecule has 1 aromatic carbocycles. The molecular weight excluding hydrogens is 521 g/mol. The molecule has 0 bridgehead atoms. The Morgan fingerprint density at radius 3 is 2.56 bits per heavy atom. The van der Waals surface area contributed by atoms with Gasteiger partial charge in [0.05, 0.1) is 32.4 Å². The van der Waals surface area contributed by atoms with Gasteiger partial charge in [-0.1, -0.05) is 24.3 Å². The summed E-state index contributed by atoms with van der Waals surface area (Å²) in [6.45, 7) is 6.68. The molecule has 2 saturated heterocycles. The lowest BCUT2D eigenvalue weighted by Gasteiger charge is -2.27. The van der Waals surface area contributed by atoms with Gasteiger partial charge in [0.15, 0.2) is 5.96 Å². The maximum atomic E-state index is 12.0. The van der Waals surface area contributed by atoms with Gasteiger partial charge in [0.25, 0.3) is 0 Å². The molecule has 2 aliphatic rings.